The number of thiophene rings is 1. The molecule has 0 bridgehead atoms. The largest absolute Gasteiger partial charge is 0.338 e. The second-order valence-corrected chi connectivity index (χ2v) is 7.78. The zero-order valence-corrected chi connectivity index (χ0v) is 14.2. The first-order valence-electron chi connectivity index (χ1n) is 7.04. The van der Waals surface area contributed by atoms with Gasteiger partial charge in [-0.05, 0) is 36.1 Å². The molecule has 116 valence electrons. The molecular weight excluding hydrogens is 341 g/mol. The van der Waals surface area contributed by atoms with E-state index in [0.717, 1.165) is 12.2 Å². The highest BCUT2D eigenvalue weighted by Crippen LogP contribution is 2.37. The third kappa shape index (κ3) is 3.47. The fourth-order valence-electron chi connectivity index (χ4n) is 2.51. The number of benzene rings is 1. The highest BCUT2D eigenvalue weighted by atomic mass is 35.5. The predicted molar refractivity (Wildman–Crippen MR) is 91.4 cm³/mol. The predicted octanol–water partition coefficient (Wildman–Crippen LogP) is 4.86. The molecule has 1 aliphatic rings. The zero-order chi connectivity index (χ0) is 15.5. The third-order valence-electron chi connectivity index (χ3n) is 3.65. The van der Waals surface area contributed by atoms with Gasteiger partial charge in [0.1, 0.15) is 5.82 Å². The van der Waals surface area contributed by atoms with Crippen LogP contribution < -0.4 is 0 Å². The van der Waals surface area contributed by atoms with E-state index in [1.54, 1.807) is 11.3 Å². The van der Waals surface area contributed by atoms with Crippen LogP contribution in [0.3, 0.4) is 0 Å². The van der Waals surface area contributed by atoms with Gasteiger partial charge in [0.2, 0.25) is 0 Å². The highest BCUT2D eigenvalue weighted by molar-refractivity contribution is 7.99. The number of hydrogen-bond acceptors (Lipinski definition) is 3. The molecule has 1 fully saturated rings. The molecule has 1 saturated heterocycles. The molecule has 0 N–H and O–H groups in total. The SMILES string of the molecule is O=C(c1ccc(F)cc1Cl)N1CCSC(c2cccs2)CC1. The Morgan fingerprint density at radius 2 is 2.18 bits per heavy atom. The zero-order valence-electron chi connectivity index (χ0n) is 11.8. The molecular formula is C16H15ClFNOS2. The van der Waals surface area contributed by atoms with Crippen LogP contribution in [0.25, 0.3) is 0 Å². The number of rotatable bonds is 2. The van der Waals surface area contributed by atoms with Crippen molar-refractivity contribution < 1.29 is 9.18 Å². The van der Waals surface area contributed by atoms with Gasteiger partial charge in [-0.2, -0.15) is 11.8 Å². The van der Waals surface area contributed by atoms with E-state index in [2.05, 4.69) is 17.5 Å². The van der Waals surface area contributed by atoms with E-state index in [1.807, 2.05) is 16.7 Å². The van der Waals surface area contributed by atoms with Crippen molar-refractivity contribution in [3.05, 3.63) is 57.0 Å². The van der Waals surface area contributed by atoms with Crippen molar-refractivity contribution in [2.45, 2.75) is 11.7 Å². The monoisotopic (exact) mass is 355 g/mol. The normalized spacial score (nSPS) is 19.0. The number of hydrogen-bond donors (Lipinski definition) is 0. The number of amides is 1. The summed E-state index contributed by atoms with van der Waals surface area (Å²) in [5, 5.41) is 2.71. The van der Waals surface area contributed by atoms with Crippen LogP contribution in [-0.4, -0.2) is 29.6 Å². The summed E-state index contributed by atoms with van der Waals surface area (Å²) in [6, 6.07) is 8.15. The summed E-state index contributed by atoms with van der Waals surface area (Å²) in [7, 11) is 0. The number of halogens is 2. The summed E-state index contributed by atoms with van der Waals surface area (Å²) in [4.78, 5) is 15.8. The summed E-state index contributed by atoms with van der Waals surface area (Å²) in [6.07, 6.45) is 0.926. The fraction of sp³-hybridized carbons (Fsp3) is 0.312. The Bertz CT molecular complexity index is 662. The lowest BCUT2D eigenvalue weighted by atomic mass is 10.1. The van der Waals surface area contributed by atoms with Gasteiger partial charge in [-0.3, -0.25) is 4.79 Å². The van der Waals surface area contributed by atoms with E-state index in [-0.39, 0.29) is 10.9 Å². The minimum absolute atomic E-state index is 0.113. The van der Waals surface area contributed by atoms with Gasteiger partial charge in [-0.25, -0.2) is 4.39 Å². The number of carbonyl (C=O) groups is 1. The number of nitrogens with zero attached hydrogens (tertiary/aromatic N) is 1. The molecule has 2 aromatic rings. The minimum Gasteiger partial charge on any atom is -0.338 e. The van der Waals surface area contributed by atoms with E-state index in [0.29, 0.717) is 23.9 Å². The van der Waals surface area contributed by atoms with Crippen molar-refractivity contribution in [2.24, 2.45) is 0 Å². The first-order valence-corrected chi connectivity index (χ1v) is 9.35. The van der Waals surface area contributed by atoms with Crippen LogP contribution in [0.1, 0.15) is 26.9 Å². The molecule has 1 aliphatic heterocycles. The van der Waals surface area contributed by atoms with E-state index in [4.69, 9.17) is 11.6 Å². The molecule has 2 heterocycles. The summed E-state index contributed by atoms with van der Waals surface area (Å²) in [6.45, 7) is 1.39. The molecule has 1 aromatic heterocycles. The Kier molecular flexibility index (Phi) is 5.06. The lowest BCUT2D eigenvalue weighted by Gasteiger charge is -2.20. The lowest BCUT2D eigenvalue weighted by Crippen LogP contribution is -2.33. The van der Waals surface area contributed by atoms with Crippen LogP contribution in [-0.2, 0) is 0 Å². The van der Waals surface area contributed by atoms with E-state index in [9.17, 15) is 9.18 Å². The highest BCUT2D eigenvalue weighted by Gasteiger charge is 2.24. The first-order chi connectivity index (χ1) is 10.6. The van der Waals surface area contributed by atoms with Gasteiger partial charge in [0.05, 0.1) is 10.6 Å². The van der Waals surface area contributed by atoms with Gasteiger partial charge < -0.3 is 4.90 Å². The van der Waals surface area contributed by atoms with Gasteiger partial charge in [-0.1, -0.05) is 17.7 Å². The molecule has 0 aliphatic carbocycles. The molecule has 0 radical (unpaired) electrons. The second kappa shape index (κ2) is 7.02. The van der Waals surface area contributed by atoms with Crippen molar-refractivity contribution in [3.63, 3.8) is 0 Å². The lowest BCUT2D eigenvalue weighted by molar-refractivity contribution is 0.0767. The minimum atomic E-state index is -0.425. The third-order valence-corrected chi connectivity index (χ3v) is 6.41. The summed E-state index contributed by atoms with van der Waals surface area (Å²) < 4.78 is 13.1. The van der Waals surface area contributed by atoms with E-state index >= 15 is 0 Å². The maximum absolute atomic E-state index is 13.1. The first kappa shape index (κ1) is 15.8. The van der Waals surface area contributed by atoms with Gasteiger partial charge in [0.25, 0.3) is 5.91 Å². The molecule has 0 spiro atoms. The molecule has 1 amide bonds. The van der Waals surface area contributed by atoms with Crippen LogP contribution in [0.5, 0.6) is 0 Å². The smallest absolute Gasteiger partial charge is 0.255 e. The molecule has 22 heavy (non-hydrogen) atoms. The quantitative estimate of drug-likeness (QED) is 0.766. The van der Waals surface area contributed by atoms with Crippen molar-refractivity contribution in [1.82, 2.24) is 4.90 Å². The molecule has 2 nitrogen and oxygen atoms in total. The maximum Gasteiger partial charge on any atom is 0.255 e. The standard InChI is InChI=1S/C16H15ClFNOS2/c17-13-10-11(18)3-4-12(13)16(20)19-6-5-15(22-9-7-19)14-2-1-8-21-14/h1-4,8,10,15H,5-7,9H2. The Labute approximate surface area is 142 Å². The molecule has 3 rings (SSSR count). The Morgan fingerprint density at radius 1 is 1.32 bits per heavy atom. The Morgan fingerprint density at radius 3 is 2.91 bits per heavy atom. The van der Waals surface area contributed by atoms with Crippen molar-refractivity contribution in [3.8, 4) is 0 Å². The van der Waals surface area contributed by atoms with Gasteiger partial charge in [0.15, 0.2) is 0 Å². The van der Waals surface area contributed by atoms with Crippen LogP contribution in [0.4, 0.5) is 4.39 Å². The molecule has 1 unspecified atom stereocenters. The van der Waals surface area contributed by atoms with Crippen molar-refractivity contribution in [1.29, 1.82) is 0 Å². The number of carbonyl (C=O) groups excluding carboxylic acids is 1. The molecule has 6 heteroatoms. The molecule has 1 aromatic carbocycles. The van der Waals surface area contributed by atoms with Gasteiger partial charge in [0, 0.05) is 29.0 Å². The second-order valence-electron chi connectivity index (χ2n) is 5.08. The average molecular weight is 356 g/mol. The van der Waals surface area contributed by atoms with Crippen LogP contribution in [0.2, 0.25) is 5.02 Å². The van der Waals surface area contributed by atoms with E-state index < -0.39 is 5.82 Å². The van der Waals surface area contributed by atoms with Gasteiger partial charge in [-0.15, -0.1) is 11.3 Å². The average Bonchev–Trinajstić information content (AvgIpc) is 2.91. The van der Waals surface area contributed by atoms with Gasteiger partial charge >= 0.3 is 0 Å². The summed E-state index contributed by atoms with van der Waals surface area (Å²) >= 11 is 9.65. The summed E-state index contributed by atoms with van der Waals surface area (Å²) in [5.41, 5.74) is 0.377. The molecule has 0 saturated carbocycles. The Hall–Kier alpha value is -1.04. The van der Waals surface area contributed by atoms with Crippen LogP contribution in [0, 0.1) is 5.82 Å². The topological polar surface area (TPSA) is 20.3 Å². The van der Waals surface area contributed by atoms with E-state index in [1.165, 1.54) is 23.1 Å². The maximum atomic E-state index is 13.1. The van der Waals surface area contributed by atoms with Crippen LogP contribution in [0.15, 0.2) is 35.7 Å². The van der Waals surface area contributed by atoms with Crippen molar-refractivity contribution >= 4 is 40.6 Å². The number of thioether (sulfide) groups is 1. The van der Waals surface area contributed by atoms with Crippen molar-refractivity contribution in [2.75, 3.05) is 18.8 Å². The van der Waals surface area contributed by atoms with Crippen LogP contribution >= 0.6 is 34.7 Å². The fourth-order valence-corrected chi connectivity index (χ4v) is 4.99. The molecule has 1 atom stereocenters. The Balaban J connectivity index is 1.71. The summed E-state index contributed by atoms with van der Waals surface area (Å²) in [5.74, 6) is 0.357.